The molecule has 1 N–H and O–H groups in total. The monoisotopic (exact) mass is 450 g/mol. The van der Waals surface area contributed by atoms with Crippen LogP contribution in [0.5, 0.6) is 0 Å². The molecule has 2 saturated heterocycles. The number of para-hydroxylation sites is 1. The van der Waals surface area contributed by atoms with Crippen molar-refractivity contribution in [2.45, 2.75) is 20.4 Å². The van der Waals surface area contributed by atoms with Crippen molar-refractivity contribution in [3.8, 4) is 0 Å². The topological polar surface area (TPSA) is 65.1 Å². The molecule has 0 aliphatic carbocycles. The molecule has 2 aromatic rings. The highest BCUT2D eigenvalue weighted by Crippen LogP contribution is 2.19. The smallest absolute Gasteiger partial charge is 0.253 e. The zero-order valence-corrected chi connectivity index (χ0v) is 19.7. The van der Waals surface area contributed by atoms with Crippen LogP contribution >= 0.6 is 0 Å². The van der Waals surface area contributed by atoms with Crippen LogP contribution in [0.15, 0.2) is 42.5 Å². The van der Waals surface area contributed by atoms with Gasteiger partial charge in [-0.05, 0) is 42.7 Å². The van der Waals surface area contributed by atoms with E-state index in [-0.39, 0.29) is 11.8 Å². The van der Waals surface area contributed by atoms with E-state index in [9.17, 15) is 9.59 Å². The predicted octanol–water partition coefficient (Wildman–Crippen LogP) is 2.53. The average Bonchev–Trinajstić information content (AvgIpc) is 2.82. The van der Waals surface area contributed by atoms with Crippen molar-refractivity contribution < 1.29 is 14.3 Å². The molecule has 2 aliphatic rings. The van der Waals surface area contributed by atoms with Crippen LogP contribution in [0.25, 0.3) is 0 Å². The number of carbonyl (C=O) groups excluding carboxylic acids is 2. The molecule has 2 amide bonds. The van der Waals surface area contributed by atoms with Gasteiger partial charge in [-0.15, -0.1) is 0 Å². The number of nitrogens with one attached hydrogen (secondary N) is 1. The van der Waals surface area contributed by atoms with Crippen LogP contribution in [0, 0.1) is 13.8 Å². The second-order valence-electron chi connectivity index (χ2n) is 8.97. The lowest BCUT2D eigenvalue weighted by Crippen LogP contribution is -2.50. The highest BCUT2D eigenvalue weighted by molar-refractivity contribution is 5.95. The number of rotatable bonds is 6. The number of nitrogens with zero attached hydrogens (tertiary/aromatic N) is 3. The standard InChI is InChI=1S/C26H34N4O3/c1-20-5-3-6-21(2)25(20)27-24(31)19-28-9-11-30(12-10-28)26(32)23-8-4-7-22(17-23)18-29-13-15-33-16-14-29/h3-8,17H,9-16,18-19H2,1-2H3,(H,27,31). The normalized spacial score (nSPS) is 17.7. The molecule has 0 aromatic heterocycles. The lowest BCUT2D eigenvalue weighted by Gasteiger charge is -2.34. The largest absolute Gasteiger partial charge is 0.379 e. The molecule has 0 unspecified atom stereocenters. The zero-order valence-electron chi connectivity index (χ0n) is 19.7. The van der Waals surface area contributed by atoms with Gasteiger partial charge in [0.25, 0.3) is 5.91 Å². The Morgan fingerprint density at radius 1 is 0.879 bits per heavy atom. The highest BCUT2D eigenvalue weighted by Gasteiger charge is 2.24. The molecule has 33 heavy (non-hydrogen) atoms. The first-order valence-electron chi connectivity index (χ1n) is 11.8. The van der Waals surface area contributed by atoms with E-state index in [1.165, 1.54) is 0 Å². The lowest BCUT2D eigenvalue weighted by molar-refractivity contribution is -0.117. The Morgan fingerprint density at radius 2 is 1.55 bits per heavy atom. The van der Waals surface area contributed by atoms with Gasteiger partial charge in [-0.25, -0.2) is 0 Å². The summed E-state index contributed by atoms with van der Waals surface area (Å²) >= 11 is 0. The number of hydrogen-bond donors (Lipinski definition) is 1. The first kappa shape index (κ1) is 23.4. The van der Waals surface area contributed by atoms with E-state index in [1.807, 2.05) is 55.1 Å². The van der Waals surface area contributed by atoms with Crippen molar-refractivity contribution >= 4 is 17.5 Å². The molecular formula is C26H34N4O3. The van der Waals surface area contributed by atoms with Crippen molar-refractivity contribution in [1.29, 1.82) is 0 Å². The maximum Gasteiger partial charge on any atom is 0.253 e. The molecule has 7 heteroatoms. The molecule has 2 fully saturated rings. The van der Waals surface area contributed by atoms with E-state index in [1.54, 1.807) is 0 Å². The fraction of sp³-hybridized carbons (Fsp3) is 0.462. The molecule has 0 atom stereocenters. The SMILES string of the molecule is Cc1cccc(C)c1NC(=O)CN1CCN(C(=O)c2cccc(CN3CCOCC3)c2)CC1. The van der Waals surface area contributed by atoms with E-state index in [2.05, 4.69) is 21.2 Å². The van der Waals surface area contributed by atoms with Crippen LogP contribution in [0.3, 0.4) is 0 Å². The second kappa shape index (κ2) is 10.9. The maximum absolute atomic E-state index is 13.1. The Kier molecular flexibility index (Phi) is 7.75. The van der Waals surface area contributed by atoms with Gasteiger partial charge in [-0.3, -0.25) is 19.4 Å². The van der Waals surface area contributed by atoms with Crippen molar-refractivity contribution in [3.05, 3.63) is 64.7 Å². The quantitative estimate of drug-likeness (QED) is 0.733. The molecule has 4 rings (SSSR count). The highest BCUT2D eigenvalue weighted by atomic mass is 16.5. The summed E-state index contributed by atoms with van der Waals surface area (Å²) in [5, 5.41) is 3.05. The van der Waals surface area contributed by atoms with Gasteiger partial charge in [0.2, 0.25) is 5.91 Å². The van der Waals surface area contributed by atoms with Crippen molar-refractivity contribution in [2.24, 2.45) is 0 Å². The number of hydrogen-bond acceptors (Lipinski definition) is 5. The van der Waals surface area contributed by atoms with Gasteiger partial charge in [-0.2, -0.15) is 0 Å². The van der Waals surface area contributed by atoms with Crippen molar-refractivity contribution in [3.63, 3.8) is 0 Å². The van der Waals surface area contributed by atoms with E-state index in [4.69, 9.17) is 4.74 Å². The van der Waals surface area contributed by atoms with Gasteiger partial charge in [-0.1, -0.05) is 30.3 Å². The van der Waals surface area contributed by atoms with Gasteiger partial charge in [0.15, 0.2) is 0 Å². The second-order valence-corrected chi connectivity index (χ2v) is 8.97. The van der Waals surface area contributed by atoms with Crippen LogP contribution < -0.4 is 5.32 Å². The summed E-state index contributed by atoms with van der Waals surface area (Å²) in [4.78, 5) is 32.0. The van der Waals surface area contributed by atoms with Gasteiger partial charge in [0, 0.05) is 57.1 Å². The summed E-state index contributed by atoms with van der Waals surface area (Å²) in [7, 11) is 0. The molecule has 7 nitrogen and oxygen atoms in total. The number of morpholine rings is 1. The third-order valence-corrected chi connectivity index (χ3v) is 6.46. The molecule has 0 bridgehead atoms. The van der Waals surface area contributed by atoms with Gasteiger partial charge in [0.1, 0.15) is 0 Å². The average molecular weight is 451 g/mol. The summed E-state index contributed by atoms with van der Waals surface area (Å²) in [6.07, 6.45) is 0. The van der Waals surface area contributed by atoms with Gasteiger partial charge >= 0.3 is 0 Å². The first-order valence-corrected chi connectivity index (χ1v) is 11.8. The number of ether oxygens (including phenoxy) is 1. The summed E-state index contributed by atoms with van der Waals surface area (Å²) in [5.74, 6) is 0.0569. The van der Waals surface area contributed by atoms with Crippen LogP contribution in [0.2, 0.25) is 0 Å². The van der Waals surface area contributed by atoms with Gasteiger partial charge in [0.05, 0.1) is 19.8 Å². The van der Waals surface area contributed by atoms with Gasteiger partial charge < -0.3 is 15.0 Å². The number of anilines is 1. The Balaban J connectivity index is 1.27. The van der Waals surface area contributed by atoms with E-state index < -0.39 is 0 Å². The van der Waals surface area contributed by atoms with Crippen molar-refractivity contribution in [1.82, 2.24) is 14.7 Å². The molecule has 0 radical (unpaired) electrons. The molecule has 176 valence electrons. The van der Waals surface area contributed by atoms with Crippen LogP contribution in [-0.2, 0) is 16.1 Å². The predicted molar refractivity (Wildman–Crippen MR) is 129 cm³/mol. The summed E-state index contributed by atoms with van der Waals surface area (Å²) in [6, 6.07) is 14.0. The summed E-state index contributed by atoms with van der Waals surface area (Å²) in [5.41, 5.74) is 4.92. The minimum absolute atomic E-state index is 0.0111. The van der Waals surface area contributed by atoms with E-state index in [0.29, 0.717) is 32.7 Å². The van der Waals surface area contributed by atoms with Crippen LogP contribution in [0.1, 0.15) is 27.0 Å². The van der Waals surface area contributed by atoms with E-state index in [0.717, 1.165) is 60.8 Å². The minimum Gasteiger partial charge on any atom is -0.379 e. The maximum atomic E-state index is 13.1. The molecule has 2 aromatic carbocycles. The molecule has 0 spiro atoms. The van der Waals surface area contributed by atoms with Crippen LogP contribution in [0.4, 0.5) is 5.69 Å². The van der Waals surface area contributed by atoms with E-state index >= 15 is 0 Å². The third kappa shape index (κ3) is 6.19. The first-order chi connectivity index (χ1) is 16.0. The van der Waals surface area contributed by atoms with Crippen LogP contribution in [-0.4, -0.2) is 85.5 Å². The zero-order chi connectivity index (χ0) is 23.2. The molecule has 2 heterocycles. The van der Waals surface area contributed by atoms with Crippen molar-refractivity contribution in [2.75, 3.05) is 64.3 Å². The molecule has 2 aliphatic heterocycles. The number of carbonyl (C=O) groups is 2. The Morgan fingerprint density at radius 3 is 2.24 bits per heavy atom. The fourth-order valence-corrected chi connectivity index (χ4v) is 4.51. The summed E-state index contributed by atoms with van der Waals surface area (Å²) in [6.45, 7) is 11.2. The Labute approximate surface area is 196 Å². The lowest BCUT2D eigenvalue weighted by atomic mass is 10.1. The summed E-state index contributed by atoms with van der Waals surface area (Å²) < 4.78 is 5.42. The number of piperazine rings is 1. The third-order valence-electron chi connectivity index (χ3n) is 6.46. The minimum atomic E-state index is -0.0111. The molecule has 0 saturated carbocycles. The number of aryl methyl sites for hydroxylation is 2. The fourth-order valence-electron chi connectivity index (χ4n) is 4.51. The number of amides is 2. The Bertz CT molecular complexity index is 959. The Hall–Kier alpha value is -2.74. The number of benzene rings is 2. The molecular weight excluding hydrogens is 416 g/mol.